The fourth-order valence-corrected chi connectivity index (χ4v) is 6.15. The topological polar surface area (TPSA) is 87.8 Å². The molecule has 1 unspecified atom stereocenters. The number of nitrogens with zero attached hydrogens (tertiary/aromatic N) is 2. The highest BCUT2D eigenvalue weighted by molar-refractivity contribution is 6.24. The third kappa shape index (κ3) is 6.37. The SMILES string of the molecule is CC1(C(=NC2CCC(C(=O)Nc3ccccc3F)CC2)/C(=C\N)C(=O)N2CCC(c3ccccc3C(F)(F)F)C2)CC1. The number of anilines is 1. The van der Waals surface area contributed by atoms with Gasteiger partial charge in [-0.25, -0.2) is 4.39 Å². The van der Waals surface area contributed by atoms with Gasteiger partial charge in [0.15, 0.2) is 0 Å². The summed E-state index contributed by atoms with van der Waals surface area (Å²) >= 11 is 0. The number of benzene rings is 2. The number of hydrogen-bond acceptors (Lipinski definition) is 4. The van der Waals surface area contributed by atoms with E-state index in [0.29, 0.717) is 49.9 Å². The summed E-state index contributed by atoms with van der Waals surface area (Å²) in [5.74, 6) is -1.69. The molecule has 6 nitrogen and oxygen atoms in total. The first kappa shape index (κ1) is 29.8. The summed E-state index contributed by atoms with van der Waals surface area (Å²) in [5.41, 5.74) is 6.39. The zero-order valence-corrected chi connectivity index (χ0v) is 23.6. The van der Waals surface area contributed by atoms with Crippen LogP contribution < -0.4 is 11.1 Å². The zero-order chi connectivity index (χ0) is 30.1. The molecule has 0 aromatic heterocycles. The predicted octanol–water partition coefficient (Wildman–Crippen LogP) is 6.44. The quantitative estimate of drug-likeness (QED) is 0.223. The Morgan fingerprint density at radius 3 is 2.33 bits per heavy atom. The highest BCUT2D eigenvalue weighted by atomic mass is 19.4. The second-order valence-electron chi connectivity index (χ2n) is 11.9. The van der Waals surface area contributed by atoms with Crippen LogP contribution in [-0.4, -0.2) is 41.6 Å². The number of para-hydroxylation sites is 1. The van der Waals surface area contributed by atoms with Crippen LogP contribution in [0.2, 0.25) is 0 Å². The van der Waals surface area contributed by atoms with Crippen molar-refractivity contribution in [1.82, 2.24) is 4.90 Å². The van der Waals surface area contributed by atoms with Gasteiger partial charge in [0.05, 0.1) is 28.6 Å². The number of nitrogens with two attached hydrogens (primary N) is 1. The molecule has 3 aliphatic rings. The van der Waals surface area contributed by atoms with E-state index >= 15 is 0 Å². The summed E-state index contributed by atoms with van der Waals surface area (Å²) in [6.07, 6.45) is 1.42. The number of hydrogen-bond donors (Lipinski definition) is 2. The van der Waals surface area contributed by atoms with Crippen LogP contribution in [0.1, 0.15) is 68.9 Å². The Morgan fingerprint density at radius 2 is 1.69 bits per heavy atom. The fourth-order valence-electron chi connectivity index (χ4n) is 6.15. The lowest BCUT2D eigenvalue weighted by atomic mass is 9.85. The molecule has 2 aliphatic carbocycles. The van der Waals surface area contributed by atoms with E-state index in [4.69, 9.17) is 10.7 Å². The third-order valence-electron chi connectivity index (χ3n) is 8.92. The molecule has 224 valence electrons. The first-order valence-electron chi connectivity index (χ1n) is 14.5. The lowest BCUT2D eigenvalue weighted by Crippen LogP contribution is -2.36. The minimum Gasteiger partial charge on any atom is -0.404 e. The number of aliphatic imine (C=N–C) groups is 1. The van der Waals surface area contributed by atoms with Crippen molar-refractivity contribution in [3.8, 4) is 0 Å². The van der Waals surface area contributed by atoms with E-state index in [1.807, 2.05) is 6.92 Å². The van der Waals surface area contributed by atoms with Gasteiger partial charge < -0.3 is 16.0 Å². The molecule has 1 saturated heterocycles. The molecule has 2 aromatic rings. The van der Waals surface area contributed by atoms with Crippen molar-refractivity contribution < 1.29 is 27.2 Å². The maximum atomic E-state index is 14.0. The van der Waals surface area contributed by atoms with E-state index in [-0.39, 0.29) is 47.0 Å². The van der Waals surface area contributed by atoms with Gasteiger partial charge in [0, 0.05) is 36.5 Å². The van der Waals surface area contributed by atoms with Crippen LogP contribution in [0.3, 0.4) is 0 Å². The van der Waals surface area contributed by atoms with Crippen molar-refractivity contribution in [2.45, 2.75) is 70.0 Å². The lowest BCUT2D eigenvalue weighted by molar-refractivity contribution is -0.138. The molecule has 2 aromatic carbocycles. The Hall–Kier alpha value is -3.69. The normalized spacial score (nSPS) is 24.4. The van der Waals surface area contributed by atoms with Crippen molar-refractivity contribution in [1.29, 1.82) is 0 Å². The Bertz CT molecular complexity index is 1390. The van der Waals surface area contributed by atoms with Crippen molar-refractivity contribution in [3.63, 3.8) is 0 Å². The summed E-state index contributed by atoms with van der Waals surface area (Å²) < 4.78 is 54.9. The van der Waals surface area contributed by atoms with E-state index in [2.05, 4.69) is 5.32 Å². The van der Waals surface area contributed by atoms with Crippen molar-refractivity contribution in [2.75, 3.05) is 18.4 Å². The molecule has 5 rings (SSSR count). The Labute approximate surface area is 243 Å². The maximum absolute atomic E-state index is 14.0. The van der Waals surface area contributed by atoms with Crippen LogP contribution in [0.15, 0.2) is 65.3 Å². The molecule has 1 atom stereocenters. The second kappa shape index (κ2) is 11.9. The van der Waals surface area contributed by atoms with Gasteiger partial charge in [0.2, 0.25) is 5.91 Å². The average Bonchev–Trinajstić information content (AvgIpc) is 3.52. The van der Waals surface area contributed by atoms with E-state index < -0.39 is 23.5 Å². The summed E-state index contributed by atoms with van der Waals surface area (Å²) in [5, 5.41) is 2.68. The van der Waals surface area contributed by atoms with Gasteiger partial charge in [0.25, 0.3) is 5.91 Å². The van der Waals surface area contributed by atoms with Gasteiger partial charge in [-0.1, -0.05) is 37.3 Å². The number of nitrogens with one attached hydrogen (secondary N) is 1. The van der Waals surface area contributed by atoms with Gasteiger partial charge in [0.1, 0.15) is 5.82 Å². The number of amides is 2. The number of rotatable bonds is 7. The molecule has 0 radical (unpaired) electrons. The number of carbonyl (C=O) groups is 2. The van der Waals surface area contributed by atoms with Crippen molar-refractivity contribution in [3.05, 3.63) is 77.2 Å². The zero-order valence-electron chi connectivity index (χ0n) is 23.6. The Kier molecular flexibility index (Phi) is 8.44. The number of halogens is 4. The molecule has 3 fully saturated rings. The number of likely N-dealkylation sites (tertiary alicyclic amines) is 1. The highest BCUT2D eigenvalue weighted by Crippen LogP contribution is 2.49. The minimum atomic E-state index is -4.46. The maximum Gasteiger partial charge on any atom is 0.416 e. The van der Waals surface area contributed by atoms with Crippen LogP contribution in [-0.2, 0) is 15.8 Å². The molecule has 0 spiro atoms. The van der Waals surface area contributed by atoms with E-state index in [1.54, 1.807) is 23.1 Å². The minimum absolute atomic E-state index is 0.0947. The van der Waals surface area contributed by atoms with Crippen molar-refractivity contribution in [2.24, 2.45) is 22.1 Å². The first-order valence-corrected chi connectivity index (χ1v) is 14.5. The van der Waals surface area contributed by atoms with Crippen LogP contribution in [0.25, 0.3) is 0 Å². The molecule has 2 amide bonds. The predicted molar refractivity (Wildman–Crippen MR) is 153 cm³/mol. The fraction of sp³-hybridized carbons (Fsp3) is 0.469. The Morgan fingerprint density at radius 1 is 1.02 bits per heavy atom. The molecule has 42 heavy (non-hydrogen) atoms. The van der Waals surface area contributed by atoms with Gasteiger partial charge in [-0.05, 0) is 68.7 Å². The standard InChI is InChI=1S/C32H36F4N4O2/c1-31(15-16-31)28(38-22-12-10-20(11-13-22)29(41)39-27-9-5-4-8-26(27)33)24(18-37)30(42)40-17-14-21(19-40)23-6-2-3-7-25(23)32(34,35)36/h2-9,18,20-22H,10-17,19,37H2,1H3,(H,39,41)/b24-18+,38-28?. The summed E-state index contributed by atoms with van der Waals surface area (Å²) in [6.45, 7) is 2.55. The molecule has 0 bridgehead atoms. The summed E-state index contributed by atoms with van der Waals surface area (Å²) in [4.78, 5) is 33.1. The van der Waals surface area contributed by atoms with Crippen LogP contribution in [0.5, 0.6) is 0 Å². The van der Waals surface area contributed by atoms with Crippen LogP contribution in [0.4, 0.5) is 23.2 Å². The number of alkyl halides is 3. The van der Waals surface area contributed by atoms with E-state index in [0.717, 1.165) is 18.9 Å². The second-order valence-corrected chi connectivity index (χ2v) is 11.9. The molecular formula is C32H36F4N4O2. The monoisotopic (exact) mass is 584 g/mol. The summed E-state index contributed by atoms with van der Waals surface area (Å²) in [7, 11) is 0. The average molecular weight is 585 g/mol. The lowest BCUT2D eigenvalue weighted by Gasteiger charge is -2.28. The molecule has 2 saturated carbocycles. The van der Waals surface area contributed by atoms with Gasteiger partial charge in [-0.15, -0.1) is 0 Å². The molecule has 10 heteroatoms. The number of carbonyl (C=O) groups excluding carboxylic acids is 2. The summed E-state index contributed by atoms with van der Waals surface area (Å²) in [6, 6.07) is 11.5. The van der Waals surface area contributed by atoms with Crippen molar-refractivity contribution >= 4 is 23.2 Å². The van der Waals surface area contributed by atoms with E-state index in [9.17, 15) is 27.2 Å². The molecule has 1 aliphatic heterocycles. The van der Waals surface area contributed by atoms with Gasteiger partial charge in [-0.2, -0.15) is 13.2 Å². The Balaban J connectivity index is 1.26. The smallest absolute Gasteiger partial charge is 0.404 e. The molecule has 3 N–H and O–H groups in total. The van der Waals surface area contributed by atoms with Gasteiger partial charge >= 0.3 is 6.18 Å². The molecule has 1 heterocycles. The largest absolute Gasteiger partial charge is 0.416 e. The molecular weight excluding hydrogens is 548 g/mol. The third-order valence-corrected chi connectivity index (χ3v) is 8.92. The van der Waals surface area contributed by atoms with E-state index in [1.165, 1.54) is 30.5 Å². The van der Waals surface area contributed by atoms with Gasteiger partial charge in [-0.3, -0.25) is 14.6 Å². The van der Waals surface area contributed by atoms with Crippen LogP contribution >= 0.6 is 0 Å². The first-order chi connectivity index (χ1) is 20.0. The highest BCUT2D eigenvalue weighted by Gasteiger charge is 2.47. The van der Waals surface area contributed by atoms with Crippen LogP contribution in [0, 0.1) is 17.2 Å².